The van der Waals surface area contributed by atoms with E-state index in [2.05, 4.69) is 26.3 Å². The molecule has 0 saturated carbocycles. The minimum absolute atomic E-state index is 0.0179. The van der Waals surface area contributed by atoms with Crippen molar-refractivity contribution in [2.24, 2.45) is 5.92 Å². The van der Waals surface area contributed by atoms with Crippen molar-refractivity contribution in [2.75, 3.05) is 20.2 Å². The summed E-state index contributed by atoms with van der Waals surface area (Å²) < 4.78 is 5.22. The maximum Gasteiger partial charge on any atom is 0.273 e. The van der Waals surface area contributed by atoms with Crippen LogP contribution in [0.25, 0.3) is 0 Å². The van der Waals surface area contributed by atoms with Gasteiger partial charge in [-0.3, -0.25) is 29.0 Å². The van der Waals surface area contributed by atoms with Gasteiger partial charge in [-0.1, -0.05) is 51.1 Å². The van der Waals surface area contributed by atoms with Crippen molar-refractivity contribution in [1.29, 1.82) is 0 Å². The van der Waals surface area contributed by atoms with Gasteiger partial charge in [-0.25, -0.2) is 0 Å². The first-order chi connectivity index (χ1) is 20.5. The number of pyridine rings is 1. The summed E-state index contributed by atoms with van der Waals surface area (Å²) >= 11 is 0. The Morgan fingerprint density at radius 2 is 1.65 bits per heavy atom. The van der Waals surface area contributed by atoms with E-state index in [4.69, 9.17) is 4.74 Å². The number of rotatable bonds is 7. The van der Waals surface area contributed by atoms with E-state index in [1.807, 2.05) is 51.1 Å². The maximum atomic E-state index is 13.7. The molecule has 3 rings (SSSR count). The van der Waals surface area contributed by atoms with Crippen LogP contribution in [0.2, 0.25) is 0 Å². The first-order valence-corrected chi connectivity index (χ1v) is 14.5. The smallest absolute Gasteiger partial charge is 0.273 e. The van der Waals surface area contributed by atoms with E-state index in [0.29, 0.717) is 18.6 Å². The number of aromatic nitrogens is 1. The summed E-state index contributed by atoms with van der Waals surface area (Å²) in [6.45, 7) is 6.78. The first-order valence-electron chi connectivity index (χ1n) is 14.5. The van der Waals surface area contributed by atoms with Gasteiger partial charge in [0.1, 0.15) is 29.6 Å². The third-order valence-corrected chi connectivity index (χ3v) is 7.11. The highest BCUT2D eigenvalue weighted by atomic mass is 16.5. The summed E-state index contributed by atoms with van der Waals surface area (Å²) in [5.41, 5.74) is 0.894. The highest BCUT2D eigenvalue weighted by molar-refractivity contribution is 5.97. The van der Waals surface area contributed by atoms with Crippen LogP contribution in [-0.2, 0) is 25.6 Å². The number of nitrogens with one attached hydrogen (secondary N) is 4. The molecule has 1 fully saturated rings. The molecule has 4 atom stereocenters. The average Bonchev–Trinajstić information content (AvgIpc) is 2.98. The molecule has 1 aromatic heterocycles. The second-order valence-electron chi connectivity index (χ2n) is 11.1. The molecular formula is C31H42N6O6. The molecule has 0 aliphatic carbocycles. The minimum Gasteiger partial charge on any atom is -0.497 e. The van der Waals surface area contributed by atoms with E-state index < -0.39 is 53.7 Å². The fraction of sp³-hybridized carbons (Fsp3) is 0.484. The summed E-state index contributed by atoms with van der Waals surface area (Å²) in [6.07, 6.45) is 2.40. The highest BCUT2D eigenvalue weighted by Crippen LogP contribution is 2.14. The third kappa shape index (κ3) is 9.79. The van der Waals surface area contributed by atoms with E-state index in [0.717, 1.165) is 5.56 Å². The summed E-state index contributed by atoms with van der Waals surface area (Å²) in [6, 6.07) is 8.90. The molecule has 0 unspecified atom stereocenters. The Morgan fingerprint density at radius 3 is 2.30 bits per heavy atom. The van der Waals surface area contributed by atoms with Crippen LogP contribution in [0.3, 0.4) is 0 Å². The average molecular weight is 595 g/mol. The van der Waals surface area contributed by atoms with Crippen molar-refractivity contribution in [3.63, 3.8) is 0 Å². The quantitative estimate of drug-likeness (QED) is 0.375. The van der Waals surface area contributed by atoms with Crippen LogP contribution in [0.1, 0.15) is 56.6 Å². The topological polar surface area (TPSA) is 159 Å². The van der Waals surface area contributed by atoms with Gasteiger partial charge in [-0.05, 0) is 37.3 Å². The molecule has 2 heterocycles. The van der Waals surface area contributed by atoms with Crippen LogP contribution in [0.4, 0.5) is 0 Å². The second kappa shape index (κ2) is 15.7. The van der Waals surface area contributed by atoms with Crippen LogP contribution >= 0.6 is 0 Å². The molecule has 1 aliphatic heterocycles. The number of carbonyl (C=O) groups is 5. The second-order valence-corrected chi connectivity index (χ2v) is 11.1. The van der Waals surface area contributed by atoms with Crippen molar-refractivity contribution in [1.82, 2.24) is 31.2 Å². The fourth-order valence-corrected chi connectivity index (χ4v) is 4.74. The Labute approximate surface area is 252 Å². The molecule has 4 N–H and O–H groups in total. The Morgan fingerprint density at radius 1 is 0.977 bits per heavy atom. The Bertz CT molecular complexity index is 1290. The Kier molecular flexibility index (Phi) is 12.0. The summed E-state index contributed by atoms with van der Waals surface area (Å²) in [5, 5.41) is 11.2. The lowest BCUT2D eigenvalue weighted by Gasteiger charge is -2.29. The predicted octanol–water partition coefficient (Wildman–Crippen LogP) is 1.20. The number of benzene rings is 1. The highest BCUT2D eigenvalue weighted by Gasteiger charge is 2.32. The largest absolute Gasteiger partial charge is 0.497 e. The number of hydrogen-bond acceptors (Lipinski definition) is 7. The van der Waals surface area contributed by atoms with Gasteiger partial charge in [0.25, 0.3) is 5.91 Å². The maximum absolute atomic E-state index is 13.7. The number of nitrogens with zero attached hydrogens (tertiary/aromatic N) is 2. The lowest BCUT2D eigenvalue weighted by Crippen LogP contribution is -2.57. The van der Waals surface area contributed by atoms with Crippen molar-refractivity contribution >= 4 is 29.5 Å². The molecule has 12 nitrogen and oxygen atoms in total. The standard InChI is InChI=1S/C31H42N6O6/c1-6-22-17-37(31(42)26-16-23(43-5)12-13-32-26)18-27(38)33-20(4)28(39)35-24(14-19(2)3)30(41)36-25(29(40)34-22)15-21-10-8-7-9-11-21/h7-13,16,19-20,22,24-25H,6,14-15,17-18H2,1-5H3,(H,33,38)(H,34,40)(H,35,39)(H,36,41)/t20-,22+,24+,25+/m1/s1. The van der Waals surface area contributed by atoms with Gasteiger partial charge in [-0.2, -0.15) is 0 Å². The van der Waals surface area contributed by atoms with Crippen molar-refractivity contribution in [3.05, 3.63) is 59.9 Å². The number of carbonyl (C=O) groups excluding carboxylic acids is 5. The Balaban J connectivity index is 1.98. The zero-order valence-electron chi connectivity index (χ0n) is 25.4. The number of amides is 5. The number of hydrogen-bond donors (Lipinski definition) is 4. The lowest BCUT2D eigenvalue weighted by atomic mass is 10.0. The summed E-state index contributed by atoms with van der Waals surface area (Å²) in [4.78, 5) is 72.3. The monoisotopic (exact) mass is 594 g/mol. The molecule has 1 aliphatic rings. The van der Waals surface area contributed by atoms with Gasteiger partial charge in [-0.15, -0.1) is 0 Å². The molecule has 1 aromatic carbocycles. The minimum atomic E-state index is -0.992. The first kappa shape index (κ1) is 33.0. The molecule has 2 aromatic rings. The van der Waals surface area contributed by atoms with E-state index in [9.17, 15) is 24.0 Å². The summed E-state index contributed by atoms with van der Waals surface area (Å²) in [7, 11) is 1.47. The van der Waals surface area contributed by atoms with Gasteiger partial charge in [0.15, 0.2) is 0 Å². The normalized spacial score (nSPS) is 22.4. The van der Waals surface area contributed by atoms with Crippen LogP contribution < -0.4 is 26.0 Å². The molecule has 43 heavy (non-hydrogen) atoms. The molecule has 1 saturated heterocycles. The lowest BCUT2D eigenvalue weighted by molar-refractivity contribution is -0.133. The zero-order chi connectivity index (χ0) is 31.5. The van der Waals surface area contributed by atoms with Crippen LogP contribution in [0.15, 0.2) is 48.7 Å². The van der Waals surface area contributed by atoms with Crippen LogP contribution in [-0.4, -0.2) is 83.8 Å². The molecule has 0 spiro atoms. The molecule has 5 amide bonds. The Hall–Kier alpha value is -4.48. The van der Waals surface area contributed by atoms with Crippen LogP contribution in [0.5, 0.6) is 5.75 Å². The number of methoxy groups -OCH3 is 1. The third-order valence-electron chi connectivity index (χ3n) is 7.11. The van der Waals surface area contributed by atoms with Crippen molar-refractivity contribution in [2.45, 2.75) is 71.1 Å². The van der Waals surface area contributed by atoms with E-state index in [1.54, 1.807) is 6.07 Å². The fourth-order valence-electron chi connectivity index (χ4n) is 4.74. The molecule has 0 radical (unpaired) electrons. The number of ether oxygens (including phenoxy) is 1. The molecule has 232 valence electrons. The van der Waals surface area contributed by atoms with Gasteiger partial charge < -0.3 is 30.9 Å². The van der Waals surface area contributed by atoms with E-state index in [-0.39, 0.29) is 31.1 Å². The SMILES string of the molecule is CC[C@H]1CN(C(=O)c2cc(OC)ccn2)CC(=O)N[C@H](C)C(=O)N[C@@H](CC(C)C)C(=O)N[C@@H](Cc2ccccc2)C(=O)N1. The van der Waals surface area contributed by atoms with E-state index in [1.165, 1.54) is 31.2 Å². The zero-order valence-corrected chi connectivity index (χ0v) is 25.4. The van der Waals surface area contributed by atoms with Gasteiger partial charge in [0, 0.05) is 31.3 Å². The summed E-state index contributed by atoms with van der Waals surface area (Å²) in [5.74, 6) is -2.16. The van der Waals surface area contributed by atoms with E-state index >= 15 is 0 Å². The van der Waals surface area contributed by atoms with Crippen molar-refractivity contribution < 1.29 is 28.7 Å². The van der Waals surface area contributed by atoms with Gasteiger partial charge in [0.05, 0.1) is 13.7 Å². The van der Waals surface area contributed by atoms with Gasteiger partial charge >= 0.3 is 0 Å². The molecule has 12 heteroatoms. The van der Waals surface area contributed by atoms with Crippen LogP contribution in [0, 0.1) is 5.92 Å². The molecular weight excluding hydrogens is 552 g/mol. The predicted molar refractivity (Wildman–Crippen MR) is 160 cm³/mol. The van der Waals surface area contributed by atoms with Crippen molar-refractivity contribution in [3.8, 4) is 5.75 Å². The van der Waals surface area contributed by atoms with Gasteiger partial charge in [0.2, 0.25) is 23.6 Å². The molecule has 0 bridgehead atoms.